The second-order valence-corrected chi connectivity index (χ2v) is 3.44. The molecule has 5 nitrogen and oxygen atoms in total. The first-order valence-corrected chi connectivity index (χ1v) is 5.34. The topological polar surface area (TPSA) is 80.6 Å². The van der Waals surface area contributed by atoms with Gasteiger partial charge in [-0.15, -0.1) is 10.2 Å². The summed E-state index contributed by atoms with van der Waals surface area (Å²) in [4.78, 5) is 0. The molecular weight excluding hydrogens is 202 g/mol. The van der Waals surface area contributed by atoms with Gasteiger partial charge in [0.2, 0.25) is 11.7 Å². The third-order valence-electron chi connectivity index (χ3n) is 2.09. The van der Waals surface area contributed by atoms with Crippen molar-refractivity contribution in [1.82, 2.24) is 0 Å². The Morgan fingerprint density at radius 3 is 2.94 bits per heavy atom. The molecule has 0 amide bonds. The van der Waals surface area contributed by atoms with E-state index in [9.17, 15) is 0 Å². The second-order valence-electron chi connectivity index (χ2n) is 3.44. The number of pyridine rings is 1. The molecule has 5 heteroatoms. The minimum absolute atomic E-state index is 0.0349. The molecule has 0 aliphatic rings. The molecule has 16 heavy (non-hydrogen) atoms. The van der Waals surface area contributed by atoms with Crippen molar-refractivity contribution in [1.29, 1.82) is 0 Å². The summed E-state index contributed by atoms with van der Waals surface area (Å²) in [6.45, 7) is 3.14. The highest BCUT2D eigenvalue weighted by Crippen LogP contribution is 1.92. The number of aromatic nitrogens is 1. The normalized spacial score (nSPS) is 10.6. The van der Waals surface area contributed by atoms with E-state index in [0.29, 0.717) is 0 Å². The third-order valence-corrected chi connectivity index (χ3v) is 2.09. The SMILES string of the molecule is CCCC[n+]1ccccc1C=NN=C(N)N. The first-order chi connectivity index (χ1) is 7.74. The fourth-order valence-electron chi connectivity index (χ4n) is 1.29. The van der Waals surface area contributed by atoms with Crippen molar-refractivity contribution >= 4 is 12.2 Å². The van der Waals surface area contributed by atoms with Crippen LogP contribution in [0, 0.1) is 0 Å². The quantitative estimate of drug-likeness (QED) is 0.325. The molecule has 0 aliphatic carbocycles. The van der Waals surface area contributed by atoms with E-state index < -0.39 is 0 Å². The lowest BCUT2D eigenvalue weighted by Crippen LogP contribution is -2.37. The predicted molar refractivity (Wildman–Crippen MR) is 64.9 cm³/mol. The van der Waals surface area contributed by atoms with Crippen LogP contribution in [-0.2, 0) is 6.54 Å². The molecule has 0 bridgehead atoms. The molecule has 1 rings (SSSR count). The summed E-state index contributed by atoms with van der Waals surface area (Å²) in [5.74, 6) is -0.0349. The van der Waals surface area contributed by atoms with Crippen LogP contribution in [0.3, 0.4) is 0 Å². The molecule has 0 spiro atoms. The van der Waals surface area contributed by atoms with E-state index in [0.717, 1.165) is 25.1 Å². The van der Waals surface area contributed by atoms with Crippen molar-refractivity contribution in [3.8, 4) is 0 Å². The summed E-state index contributed by atoms with van der Waals surface area (Å²) < 4.78 is 2.12. The Labute approximate surface area is 95.5 Å². The van der Waals surface area contributed by atoms with Crippen LogP contribution in [0.4, 0.5) is 0 Å². The lowest BCUT2D eigenvalue weighted by atomic mass is 10.3. The highest BCUT2D eigenvalue weighted by Gasteiger charge is 2.05. The largest absolute Gasteiger partial charge is 0.369 e. The highest BCUT2D eigenvalue weighted by molar-refractivity contribution is 5.78. The molecular formula is C11H18N5+. The van der Waals surface area contributed by atoms with Crippen LogP contribution in [0.15, 0.2) is 34.6 Å². The van der Waals surface area contributed by atoms with Gasteiger partial charge in [0.1, 0.15) is 12.8 Å². The first-order valence-electron chi connectivity index (χ1n) is 5.34. The molecule has 86 valence electrons. The van der Waals surface area contributed by atoms with Gasteiger partial charge in [-0.1, -0.05) is 13.3 Å². The first kappa shape index (κ1) is 12.2. The van der Waals surface area contributed by atoms with Gasteiger partial charge < -0.3 is 11.5 Å². The van der Waals surface area contributed by atoms with E-state index in [1.807, 2.05) is 24.4 Å². The van der Waals surface area contributed by atoms with Gasteiger partial charge in [-0.3, -0.25) is 0 Å². The number of guanidine groups is 1. The van der Waals surface area contributed by atoms with Crippen molar-refractivity contribution in [3.05, 3.63) is 30.1 Å². The van der Waals surface area contributed by atoms with E-state index >= 15 is 0 Å². The number of hydrogen-bond acceptors (Lipinski definition) is 2. The fourth-order valence-corrected chi connectivity index (χ4v) is 1.29. The summed E-state index contributed by atoms with van der Waals surface area (Å²) in [7, 11) is 0. The zero-order valence-corrected chi connectivity index (χ0v) is 9.50. The predicted octanol–water partition coefficient (Wildman–Crippen LogP) is 0.382. The van der Waals surface area contributed by atoms with Crippen LogP contribution in [0.25, 0.3) is 0 Å². The molecule has 1 heterocycles. The highest BCUT2D eigenvalue weighted by atomic mass is 15.3. The van der Waals surface area contributed by atoms with Crippen molar-refractivity contribution in [2.75, 3.05) is 0 Å². The standard InChI is InChI=1S/C11H17N5/c1-2-3-7-16-8-5-4-6-10(16)9-14-15-11(12)13/h4-6,8-9H,2-3,7H2,1H3,(H3,12,13)/p+1. The Balaban J connectivity index is 2.78. The molecule has 1 aromatic rings. The molecule has 0 fully saturated rings. The average Bonchev–Trinajstić information content (AvgIpc) is 2.27. The zero-order valence-electron chi connectivity index (χ0n) is 9.50. The van der Waals surface area contributed by atoms with E-state index in [1.54, 1.807) is 6.21 Å². The van der Waals surface area contributed by atoms with Gasteiger partial charge in [0, 0.05) is 18.6 Å². The van der Waals surface area contributed by atoms with Gasteiger partial charge in [0.25, 0.3) is 0 Å². The number of hydrogen-bond donors (Lipinski definition) is 2. The summed E-state index contributed by atoms with van der Waals surface area (Å²) in [5.41, 5.74) is 11.4. The monoisotopic (exact) mass is 220 g/mol. The van der Waals surface area contributed by atoms with Gasteiger partial charge in [-0.05, 0) is 6.07 Å². The number of rotatable bonds is 5. The lowest BCUT2D eigenvalue weighted by molar-refractivity contribution is -0.698. The molecule has 0 atom stereocenters. The summed E-state index contributed by atoms with van der Waals surface area (Å²) >= 11 is 0. The van der Waals surface area contributed by atoms with E-state index in [-0.39, 0.29) is 5.96 Å². The van der Waals surface area contributed by atoms with E-state index in [4.69, 9.17) is 11.5 Å². The lowest BCUT2D eigenvalue weighted by Gasteiger charge is -1.97. The van der Waals surface area contributed by atoms with Crippen LogP contribution in [0.5, 0.6) is 0 Å². The number of nitrogens with two attached hydrogens (primary N) is 2. The van der Waals surface area contributed by atoms with Gasteiger partial charge in [-0.2, -0.15) is 4.57 Å². The minimum Gasteiger partial charge on any atom is -0.369 e. The van der Waals surface area contributed by atoms with Crippen LogP contribution < -0.4 is 16.0 Å². The Bertz CT molecular complexity index is 380. The van der Waals surface area contributed by atoms with Crippen molar-refractivity contribution in [2.45, 2.75) is 26.3 Å². The molecule has 0 radical (unpaired) electrons. The maximum absolute atomic E-state index is 5.18. The van der Waals surface area contributed by atoms with Crippen LogP contribution in [-0.4, -0.2) is 12.2 Å². The van der Waals surface area contributed by atoms with Crippen molar-refractivity contribution < 1.29 is 4.57 Å². The average molecular weight is 220 g/mol. The number of aryl methyl sites for hydroxylation is 1. The Hall–Kier alpha value is -1.91. The maximum Gasteiger partial charge on any atom is 0.225 e. The number of nitrogens with zero attached hydrogens (tertiary/aromatic N) is 3. The van der Waals surface area contributed by atoms with Gasteiger partial charge in [0.05, 0.1) is 0 Å². The third kappa shape index (κ3) is 4.08. The molecule has 0 saturated heterocycles. The van der Waals surface area contributed by atoms with E-state index in [2.05, 4.69) is 21.7 Å². The maximum atomic E-state index is 5.18. The Morgan fingerprint density at radius 1 is 1.44 bits per heavy atom. The van der Waals surface area contributed by atoms with Crippen LogP contribution >= 0.6 is 0 Å². The minimum atomic E-state index is -0.0349. The van der Waals surface area contributed by atoms with Gasteiger partial charge >= 0.3 is 0 Å². The molecule has 0 unspecified atom stereocenters. The van der Waals surface area contributed by atoms with Gasteiger partial charge in [-0.25, -0.2) is 0 Å². The molecule has 0 saturated carbocycles. The fraction of sp³-hybridized carbons (Fsp3) is 0.364. The van der Waals surface area contributed by atoms with Crippen molar-refractivity contribution in [2.24, 2.45) is 21.7 Å². The van der Waals surface area contributed by atoms with Crippen LogP contribution in [0.2, 0.25) is 0 Å². The van der Waals surface area contributed by atoms with Gasteiger partial charge in [0.15, 0.2) is 6.20 Å². The summed E-state index contributed by atoms with van der Waals surface area (Å²) in [5, 5.41) is 7.37. The Morgan fingerprint density at radius 2 is 2.25 bits per heavy atom. The van der Waals surface area contributed by atoms with Crippen LogP contribution in [0.1, 0.15) is 25.5 Å². The van der Waals surface area contributed by atoms with Crippen molar-refractivity contribution in [3.63, 3.8) is 0 Å². The zero-order chi connectivity index (χ0) is 11.8. The smallest absolute Gasteiger partial charge is 0.225 e. The summed E-state index contributed by atoms with van der Waals surface area (Å²) in [6, 6.07) is 5.92. The summed E-state index contributed by atoms with van der Waals surface area (Å²) in [6.07, 6.45) is 5.96. The molecule has 0 aliphatic heterocycles. The molecule has 4 N–H and O–H groups in total. The molecule has 0 aromatic carbocycles. The number of unbranched alkanes of at least 4 members (excludes halogenated alkanes) is 1. The second kappa shape index (κ2) is 6.55. The van der Waals surface area contributed by atoms with E-state index in [1.165, 1.54) is 0 Å². The Kier molecular flexibility index (Phi) is 4.98. The molecule has 1 aromatic heterocycles.